The highest BCUT2D eigenvalue weighted by molar-refractivity contribution is 5.82. The first-order chi connectivity index (χ1) is 17.5. The zero-order valence-corrected chi connectivity index (χ0v) is 20.9. The highest BCUT2D eigenvalue weighted by Crippen LogP contribution is 2.44. The molecule has 0 aliphatic heterocycles. The number of benzene rings is 3. The molecule has 5 N–H and O–H groups in total. The third kappa shape index (κ3) is 6.87. The summed E-state index contributed by atoms with van der Waals surface area (Å²) >= 11 is 0. The summed E-state index contributed by atoms with van der Waals surface area (Å²) in [4.78, 5) is 11.7. The lowest BCUT2D eigenvalue weighted by molar-refractivity contribution is -0.147. The molecule has 1 atom stereocenters. The van der Waals surface area contributed by atoms with Gasteiger partial charge in [0.05, 0.1) is 22.4 Å². The number of para-hydroxylation sites is 1. The molecular formula is C30H36N4O2. The number of aliphatic carboxylic acids is 1. The average Bonchev–Trinajstić information content (AvgIpc) is 2.88. The minimum absolute atomic E-state index is 0.345. The summed E-state index contributed by atoms with van der Waals surface area (Å²) in [6.45, 7) is 4.67. The topological polar surface area (TPSA) is 111 Å². The maximum absolute atomic E-state index is 11.7. The number of hydrogen-bond donors (Lipinski definition) is 4. The Hall–Kier alpha value is -3.82. The minimum Gasteiger partial charge on any atom is -0.481 e. The molecule has 0 radical (unpaired) electrons. The minimum atomic E-state index is -0.703. The molecule has 1 saturated carbocycles. The lowest BCUT2D eigenvalue weighted by atomic mass is 9.64. The Balaban J connectivity index is 0.000000526. The number of nitrogens with two attached hydrogens (primary N) is 1. The third-order valence-corrected chi connectivity index (χ3v) is 6.84. The smallest absolute Gasteiger partial charge is 0.314 e. The number of nitriles is 1. The SMILES string of the molecule is CC(CNCCCNc1cccc(C#N)c1N)c1ccc(C2(C(=O)O)CCC2)cc1.c1ccccc1. The third-order valence-electron chi connectivity index (χ3n) is 6.84. The Morgan fingerprint density at radius 3 is 2.19 bits per heavy atom. The van der Waals surface area contributed by atoms with Gasteiger partial charge in [0.1, 0.15) is 6.07 Å². The van der Waals surface area contributed by atoms with E-state index < -0.39 is 11.4 Å². The van der Waals surface area contributed by atoms with E-state index >= 15 is 0 Å². The molecule has 1 aliphatic carbocycles. The van der Waals surface area contributed by atoms with E-state index in [9.17, 15) is 9.90 Å². The van der Waals surface area contributed by atoms with E-state index in [0.717, 1.165) is 56.6 Å². The summed E-state index contributed by atoms with van der Waals surface area (Å²) in [5.74, 6) is -0.358. The quantitative estimate of drug-likeness (QED) is 0.222. The van der Waals surface area contributed by atoms with Gasteiger partial charge in [-0.05, 0) is 55.0 Å². The summed E-state index contributed by atoms with van der Waals surface area (Å²) in [6.07, 6.45) is 3.39. The second-order valence-electron chi connectivity index (χ2n) is 9.28. The number of nitrogen functional groups attached to an aromatic ring is 1. The van der Waals surface area contributed by atoms with Gasteiger partial charge in [-0.25, -0.2) is 0 Å². The molecule has 0 aromatic heterocycles. The van der Waals surface area contributed by atoms with Crippen LogP contribution >= 0.6 is 0 Å². The summed E-state index contributed by atoms with van der Waals surface area (Å²) < 4.78 is 0. The van der Waals surface area contributed by atoms with Crippen molar-refractivity contribution in [3.05, 3.63) is 95.6 Å². The lowest BCUT2D eigenvalue weighted by Gasteiger charge is -2.38. The van der Waals surface area contributed by atoms with E-state index in [0.29, 0.717) is 17.2 Å². The van der Waals surface area contributed by atoms with Gasteiger partial charge in [0.2, 0.25) is 0 Å². The van der Waals surface area contributed by atoms with Crippen molar-refractivity contribution in [3.8, 4) is 6.07 Å². The molecule has 0 amide bonds. The molecule has 1 aliphatic rings. The van der Waals surface area contributed by atoms with Crippen LogP contribution in [-0.2, 0) is 10.2 Å². The van der Waals surface area contributed by atoms with Crippen molar-refractivity contribution in [2.75, 3.05) is 30.7 Å². The molecule has 188 valence electrons. The van der Waals surface area contributed by atoms with Gasteiger partial charge in [0, 0.05) is 13.1 Å². The van der Waals surface area contributed by atoms with Crippen molar-refractivity contribution >= 4 is 17.3 Å². The van der Waals surface area contributed by atoms with E-state index in [1.807, 2.05) is 60.7 Å². The Labute approximate surface area is 214 Å². The molecule has 1 unspecified atom stereocenters. The monoisotopic (exact) mass is 484 g/mol. The van der Waals surface area contributed by atoms with Crippen LogP contribution in [0.2, 0.25) is 0 Å². The van der Waals surface area contributed by atoms with Gasteiger partial charge in [-0.2, -0.15) is 5.26 Å². The number of anilines is 2. The average molecular weight is 485 g/mol. The second-order valence-corrected chi connectivity index (χ2v) is 9.28. The van der Waals surface area contributed by atoms with Gasteiger partial charge in [-0.3, -0.25) is 4.79 Å². The molecule has 0 bridgehead atoms. The van der Waals surface area contributed by atoms with Crippen molar-refractivity contribution in [1.82, 2.24) is 5.32 Å². The first-order valence-electron chi connectivity index (χ1n) is 12.5. The van der Waals surface area contributed by atoms with Crippen molar-refractivity contribution in [3.63, 3.8) is 0 Å². The zero-order valence-electron chi connectivity index (χ0n) is 20.9. The first kappa shape index (κ1) is 26.8. The molecule has 0 spiro atoms. The molecule has 1 fully saturated rings. The van der Waals surface area contributed by atoms with Crippen LogP contribution in [-0.4, -0.2) is 30.7 Å². The van der Waals surface area contributed by atoms with E-state index in [-0.39, 0.29) is 0 Å². The van der Waals surface area contributed by atoms with Crippen LogP contribution in [0.25, 0.3) is 0 Å². The van der Waals surface area contributed by atoms with Crippen LogP contribution in [0.4, 0.5) is 11.4 Å². The fraction of sp³-hybridized carbons (Fsp3) is 0.333. The van der Waals surface area contributed by atoms with E-state index in [1.54, 1.807) is 6.07 Å². The number of carboxylic acids is 1. The summed E-state index contributed by atoms with van der Waals surface area (Å²) in [5.41, 5.74) is 9.24. The van der Waals surface area contributed by atoms with Crippen LogP contribution in [0.5, 0.6) is 0 Å². The van der Waals surface area contributed by atoms with Gasteiger partial charge in [0.15, 0.2) is 0 Å². The van der Waals surface area contributed by atoms with Gasteiger partial charge in [0.25, 0.3) is 0 Å². The first-order valence-corrected chi connectivity index (χ1v) is 12.5. The Kier molecular flexibility index (Phi) is 9.91. The van der Waals surface area contributed by atoms with Crippen molar-refractivity contribution in [2.24, 2.45) is 0 Å². The van der Waals surface area contributed by atoms with E-state index in [4.69, 9.17) is 11.0 Å². The highest BCUT2D eigenvalue weighted by Gasteiger charge is 2.45. The summed E-state index contributed by atoms with van der Waals surface area (Å²) in [5, 5.41) is 25.4. The Morgan fingerprint density at radius 1 is 1.03 bits per heavy atom. The largest absolute Gasteiger partial charge is 0.481 e. The molecule has 0 saturated heterocycles. The lowest BCUT2D eigenvalue weighted by Crippen LogP contribution is -2.42. The maximum Gasteiger partial charge on any atom is 0.314 e. The van der Waals surface area contributed by atoms with Gasteiger partial charge in [-0.1, -0.05) is 80.1 Å². The molecule has 6 heteroatoms. The Morgan fingerprint density at radius 2 is 1.67 bits per heavy atom. The summed E-state index contributed by atoms with van der Waals surface area (Å²) in [7, 11) is 0. The molecule has 6 nitrogen and oxygen atoms in total. The van der Waals surface area contributed by atoms with Gasteiger partial charge >= 0.3 is 5.97 Å². The van der Waals surface area contributed by atoms with Crippen molar-refractivity contribution in [1.29, 1.82) is 5.26 Å². The van der Waals surface area contributed by atoms with Crippen LogP contribution in [0.1, 0.15) is 55.2 Å². The fourth-order valence-corrected chi connectivity index (χ4v) is 4.36. The summed E-state index contributed by atoms with van der Waals surface area (Å²) in [6, 6.07) is 27.6. The van der Waals surface area contributed by atoms with E-state index in [1.165, 1.54) is 5.56 Å². The number of hydrogen-bond acceptors (Lipinski definition) is 5. The molecule has 3 aromatic carbocycles. The maximum atomic E-state index is 11.7. The molecule has 0 heterocycles. The highest BCUT2D eigenvalue weighted by atomic mass is 16.4. The van der Waals surface area contributed by atoms with Crippen LogP contribution in [0.15, 0.2) is 78.9 Å². The van der Waals surface area contributed by atoms with Gasteiger partial charge in [-0.15, -0.1) is 0 Å². The van der Waals surface area contributed by atoms with Crippen LogP contribution in [0.3, 0.4) is 0 Å². The second kappa shape index (κ2) is 13.3. The fourth-order valence-electron chi connectivity index (χ4n) is 4.36. The molecular weight excluding hydrogens is 448 g/mol. The van der Waals surface area contributed by atoms with E-state index in [2.05, 4.69) is 35.8 Å². The predicted octanol–water partition coefficient (Wildman–Crippen LogP) is 5.53. The van der Waals surface area contributed by atoms with Crippen LogP contribution in [0, 0.1) is 11.3 Å². The molecule has 3 aromatic rings. The van der Waals surface area contributed by atoms with Crippen LogP contribution < -0.4 is 16.4 Å². The Bertz CT molecular complexity index is 1110. The number of nitrogens with one attached hydrogen (secondary N) is 2. The standard InChI is InChI=1S/C24H30N4O2.C6H6/c1-17(18-7-9-20(10-8-18)24(23(29)30)11-3-12-24)16-27-13-4-14-28-21-6-2-5-19(15-25)22(21)26;1-2-4-6-5-3-1/h2,5-10,17,27-28H,3-4,11-14,16,26H2,1H3,(H,29,30);1-6H. The zero-order chi connectivity index (χ0) is 25.8. The number of carbonyl (C=O) groups is 1. The van der Waals surface area contributed by atoms with Crippen molar-refractivity contribution < 1.29 is 9.90 Å². The van der Waals surface area contributed by atoms with Gasteiger partial charge < -0.3 is 21.5 Å². The van der Waals surface area contributed by atoms with Crippen molar-refractivity contribution in [2.45, 2.75) is 43.9 Å². The number of carboxylic acid groups (broad SMARTS) is 1. The molecule has 4 rings (SSSR count). The predicted molar refractivity (Wildman–Crippen MR) is 146 cm³/mol. The normalized spacial score (nSPS) is 14.3. The number of nitrogens with zero attached hydrogens (tertiary/aromatic N) is 1. The number of rotatable bonds is 10. The molecule has 36 heavy (non-hydrogen) atoms.